The van der Waals surface area contributed by atoms with E-state index in [1.807, 2.05) is 0 Å². The molecule has 3 nitrogen and oxygen atoms in total. The van der Waals surface area contributed by atoms with Crippen molar-refractivity contribution in [1.82, 2.24) is 9.97 Å². The molecule has 80 valence electrons. The zero-order valence-corrected chi connectivity index (χ0v) is 8.22. The highest BCUT2D eigenvalue weighted by molar-refractivity contribution is 7.99. The topological polar surface area (TPSA) is 49.6 Å². The summed E-state index contributed by atoms with van der Waals surface area (Å²) in [7, 11) is 0. The van der Waals surface area contributed by atoms with Gasteiger partial charge in [0.2, 0.25) is 0 Å². The number of aromatic nitrogens is 2. The molecule has 1 aromatic heterocycles. The van der Waals surface area contributed by atoms with Crippen LogP contribution in [0.4, 0.5) is 13.2 Å². The van der Waals surface area contributed by atoms with Gasteiger partial charge in [-0.15, -0.1) is 0 Å². The maximum absolute atomic E-state index is 12.1. The van der Waals surface area contributed by atoms with Crippen molar-refractivity contribution < 1.29 is 13.2 Å². The molecule has 0 radical (unpaired) electrons. The first kappa shape index (κ1) is 11.8. The van der Waals surface area contributed by atoms with Crippen molar-refractivity contribution in [2.24, 2.45) is 5.92 Å². The third kappa shape index (κ3) is 3.75. The van der Waals surface area contributed by atoms with E-state index in [0.29, 0.717) is 0 Å². The van der Waals surface area contributed by atoms with E-state index in [-0.39, 0.29) is 10.9 Å². The van der Waals surface area contributed by atoms with Crippen LogP contribution in [0.2, 0.25) is 0 Å². The Morgan fingerprint density at radius 2 is 2.00 bits per heavy atom. The average molecular weight is 233 g/mol. The molecular weight excluding hydrogens is 227 g/mol. The van der Waals surface area contributed by atoms with Crippen molar-refractivity contribution >= 4 is 11.8 Å². The van der Waals surface area contributed by atoms with Crippen molar-refractivity contribution in [2.75, 3.05) is 5.75 Å². The lowest BCUT2D eigenvalue weighted by molar-refractivity contribution is -0.152. The fourth-order valence-electron chi connectivity index (χ4n) is 0.723. The van der Waals surface area contributed by atoms with E-state index in [2.05, 4.69) is 9.97 Å². The summed E-state index contributed by atoms with van der Waals surface area (Å²) in [4.78, 5) is 7.48. The lowest BCUT2D eigenvalue weighted by Gasteiger charge is -2.11. The van der Waals surface area contributed by atoms with E-state index in [1.165, 1.54) is 18.5 Å². The summed E-state index contributed by atoms with van der Waals surface area (Å²) in [6, 6.07) is 2.78. The Hall–Kier alpha value is -1.29. The molecule has 0 aromatic carbocycles. The van der Waals surface area contributed by atoms with Gasteiger partial charge in [-0.25, -0.2) is 9.97 Å². The van der Waals surface area contributed by atoms with Crippen molar-refractivity contribution in [2.45, 2.75) is 11.3 Å². The van der Waals surface area contributed by atoms with Gasteiger partial charge in [0.1, 0.15) is 0 Å². The van der Waals surface area contributed by atoms with Crippen LogP contribution in [0.1, 0.15) is 0 Å². The van der Waals surface area contributed by atoms with Gasteiger partial charge in [0.25, 0.3) is 0 Å². The molecule has 1 aromatic rings. The van der Waals surface area contributed by atoms with Crippen molar-refractivity contribution in [3.8, 4) is 6.07 Å². The maximum Gasteiger partial charge on any atom is 0.405 e. The van der Waals surface area contributed by atoms with Crippen LogP contribution in [-0.2, 0) is 0 Å². The van der Waals surface area contributed by atoms with Crippen LogP contribution in [0.15, 0.2) is 23.6 Å². The quantitative estimate of drug-likeness (QED) is 0.593. The molecular formula is C8H6F3N3S. The zero-order valence-electron chi connectivity index (χ0n) is 7.40. The van der Waals surface area contributed by atoms with Gasteiger partial charge >= 0.3 is 6.18 Å². The zero-order chi connectivity index (χ0) is 11.3. The molecule has 15 heavy (non-hydrogen) atoms. The number of hydrogen-bond acceptors (Lipinski definition) is 4. The molecule has 0 bridgehead atoms. The Labute approximate surface area is 88.3 Å². The molecule has 0 aliphatic heterocycles. The highest BCUT2D eigenvalue weighted by Crippen LogP contribution is 2.29. The number of nitriles is 1. The van der Waals surface area contributed by atoms with Crippen LogP contribution in [-0.4, -0.2) is 21.9 Å². The molecule has 1 unspecified atom stereocenters. The Kier molecular flexibility index (Phi) is 3.91. The molecule has 0 aliphatic carbocycles. The molecule has 0 fully saturated rings. The second kappa shape index (κ2) is 4.98. The van der Waals surface area contributed by atoms with Crippen LogP contribution < -0.4 is 0 Å². The SMILES string of the molecule is N#CC(CSc1ncccn1)C(F)(F)F. The fourth-order valence-corrected chi connectivity index (χ4v) is 1.57. The maximum atomic E-state index is 12.1. The van der Waals surface area contributed by atoms with Crippen LogP contribution >= 0.6 is 11.8 Å². The van der Waals surface area contributed by atoms with Crippen molar-refractivity contribution in [3.63, 3.8) is 0 Å². The molecule has 1 heterocycles. The minimum atomic E-state index is -4.49. The van der Waals surface area contributed by atoms with Gasteiger partial charge in [0, 0.05) is 18.1 Å². The summed E-state index contributed by atoms with van der Waals surface area (Å²) in [5.74, 6) is -2.37. The fraction of sp³-hybridized carbons (Fsp3) is 0.375. The summed E-state index contributed by atoms with van der Waals surface area (Å²) >= 11 is 0.815. The molecule has 1 atom stereocenters. The van der Waals surface area contributed by atoms with E-state index in [9.17, 15) is 13.2 Å². The van der Waals surface area contributed by atoms with Gasteiger partial charge in [0.05, 0.1) is 6.07 Å². The lowest BCUT2D eigenvalue weighted by atomic mass is 10.2. The first-order valence-corrected chi connectivity index (χ1v) is 4.88. The monoisotopic (exact) mass is 233 g/mol. The van der Waals surface area contributed by atoms with Gasteiger partial charge in [-0.1, -0.05) is 11.8 Å². The van der Waals surface area contributed by atoms with Crippen molar-refractivity contribution in [1.29, 1.82) is 5.26 Å². The number of halogens is 3. The molecule has 1 rings (SSSR count). The Balaban J connectivity index is 2.54. The molecule has 0 saturated heterocycles. The standard InChI is InChI=1S/C8H6F3N3S/c9-8(10,11)6(4-12)5-15-7-13-2-1-3-14-7/h1-3,6H,5H2. The number of thioether (sulfide) groups is 1. The molecule has 7 heteroatoms. The summed E-state index contributed by atoms with van der Waals surface area (Å²) in [5.41, 5.74) is 0. The van der Waals surface area contributed by atoms with E-state index in [1.54, 1.807) is 6.07 Å². The second-order valence-electron chi connectivity index (χ2n) is 2.57. The molecule has 0 saturated carbocycles. The average Bonchev–Trinajstić information content (AvgIpc) is 2.18. The first-order chi connectivity index (χ1) is 7.04. The van der Waals surface area contributed by atoms with Gasteiger partial charge in [0.15, 0.2) is 11.1 Å². The van der Waals surface area contributed by atoms with Gasteiger partial charge in [-0.3, -0.25) is 0 Å². The lowest BCUT2D eigenvalue weighted by Crippen LogP contribution is -2.23. The third-order valence-electron chi connectivity index (χ3n) is 1.47. The van der Waals surface area contributed by atoms with Crippen molar-refractivity contribution in [3.05, 3.63) is 18.5 Å². The molecule has 0 aliphatic rings. The van der Waals surface area contributed by atoms with Crippen LogP contribution in [0.25, 0.3) is 0 Å². The van der Waals surface area contributed by atoms with Gasteiger partial charge in [-0.2, -0.15) is 18.4 Å². The minimum absolute atomic E-state index is 0.238. The number of nitrogens with zero attached hydrogens (tertiary/aromatic N) is 3. The first-order valence-electron chi connectivity index (χ1n) is 3.90. The largest absolute Gasteiger partial charge is 0.405 e. The van der Waals surface area contributed by atoms with Crippen LogP contribution in [0, 0.1) is 17.2 Å². The Bertz CT molecular complexity index is 346. The van der Waals surface area contributed by atoms with E-state index >= 15 is 0 Å². The highest BCUT2D eigenvalue weighted by atomic mass is 32.2. The predicted molar refractivity (Wildman–Crippen MR) is 47.9 cm³/mol. The number of hydrogen-bond donors (Lipinski definition) is 0. The van der Waals surface area contributed by atoms with E-state index in [0.717, 1.165) is 11.8 Å². The number of rotatable bonds is 3. The van der Waals surface area contributed by atoms with E-state index in [4.69, 9.17) is 5.26 Å². The summed E-state index contributed by atoms with van der Waals surface area (Å²) in [5, 5.41) is 8.55. The Morgan fingerprint density at radius 3 is 2.47 bits per heavy atom. The molecule has 0 spiro atoms. The summed E-state index contributed by atoms with van der Waals surface area (Å²) in [6.07, 6.45) is -1.62. The van der Waals surface area contributed by atoms with E-state index < -0.39 is 12.1 Å². The van der Waals surface area contributed by atoms with Gasteiger partial charge in [-0.05, 0) is 6.07 Å². The van der Waals surface area contributed by atoms with Crippen LogP contribution in [0.3, 0.4) is 0 Å². The Morgan fingerprint density at radius 1 is 1.40 bits per heavy atom. The summed E-state index contributed by atoms with van der Waals surface area (Å²) < 4.78 is 36.4. The van der Waals surface area contributed by atoms with Crippen LogP contribution in [0.5, 0.6) is 0 Å². The minimum Gasteiger partial charge on any atom is -0.231 e. The predicted octanol–water partition coefficient (Wildman–Crippen LogP) is 2.27. The molecule has 0 amide bonds. The normalized spacial score (nSPS) is 13.2. The van der Waals surface area contributed by atoms with Gasteiger partial charge < -0.3 is 0 Å². The summed E-state index contributed by atoms with van der Waals surface area (Å²) in [6.45, 7) is 0. The number of alkyl halides is 3. The third-order valence-corrected chi connectivity index (χ3v) is 2.44. The highest BCUT2D eigenvalue weighted by Gasteiger charge is 2.39. The molecule has 0 N–H and O–H groups in total. The smallest absolute Gasteiger partial charge is 0.231 e. The second-order valence-corrected chi connectivity index (χ2v) is 3.55.